The number of rotatable bonds is 5. The summed E-state index contributed by atoms with van der Waals surface area (Å²) >= 11 is 13.1. The molecule has 0 saturated carbocycles. The molecule has 202 valence electrons. The minimum absolute atomic E-state index is 0.0104. The predicted molar refractivity (Wildman–Crippen MR) is 128 cm³/mol. The van der Waals surface area contributed by atoms with Crippen LogP contribution in [0, 0.1) is 6.92 Å². The summed E-state index contributed by atoms with van der Waals surface area (Å²) in [5, 5.41) is 46.5. The van der Waals surface area contributed by atoms with Crippen LogP contribution in [0.1, 0.15) is 29.4 Å². The van der Waals surface area contributed by atoms with E-state index in [0.717, 1.165) is 22.9 Å². The normalized spacial score (nSPS) is 24.2. The van der Waals surface area contributed by atoms with E-state index in [2.05, 4.69) is 25.4 Å². The Labute approximate surface area is 226 Å². The molecular formula is C21H18Cl2F3N7O4S. The standard InChI is InChI=1S/C21H18Cl2F3N7O4S/c1-8-27-19(33(30-8)12-4-9(22)2-3-10(12)21(24,25)26)18-17(36)15(16(35)13(6-34)37-18)32-5-11(29-31-32)20-28-14(23)7-38-20/h2-5,7,13,15-18,34-36H,6H2,1H3/t13?,15-,16-,17?,18+/m0/s1. The van der Waals surface area contributed by atoms with Gasteiger partial charge in [-0.3, -0.25) is 0 Å². The van der Waals surface area contributed by atoms with Crippen molar-refractivity contribution in [1.29, 1.82) is 0 Å². The van der Waals surface area contributed by atoms with Gasteiger partial charge in [0, 0.05) is 10.4 Å². The molecule has 4 heterocycles. The summed E-state index contributed by atoms with van der Waals surface area (Å²) in [6.45, 7) is 0.772. The Bertz CT molecular complexity index is 1460. The first-order valence-corrected chi connectivity index (χ1v) is 12.6. The molecule has 3 N–H and O–H groups in total. The number of benzene rings is 1. The van der Waals surface area contributed by atoms with Crippen LogP contribution in [-0.4, -0.2) is 75.0 Å². The van der Waals surface area contributed by atoms with Gasteiger partial charge in [-0.15, -0.1) is 16.4 Å². The van der Waals surface area contributed by atoms with E-state index in [-0.39, 0.29) is 21.8 Å². The van der Waals surface area contributed by atoms with E-state index in [1.54, 1.807) is 5.38 Å². The van der Waals surface area contributed by atoms with Crippen molar-refractivity contribution in [2.75, 3.05) is 6.61 Å². The molecular weight excluding hydrogens is 574 g/mol. The van der Waals surface area contributed by atoms with E-state index in [0.29, 0.717) is 10.7 Å². The first-order valence-electron chi connectivity index (χ1n) is 10.9. The van der Waals surface area contributed by atoms with Crippen LogP contribution in [0.15, 0.2) is 29.8 Å². The monoisotopic (exact) mass is 591 g/mol. The molecule has 0 radical (unpaired) electrons. The fraction of sp³-hybridized carbons (Fsp3) is 0.381. The summed E-state index contributed by atoms with van der Waals surface area (Å²) in [5.74, 6) is -0.124. The van der Waals surface area contributed by atoms with Crippen molar-refractivity contribution in [3.63, 3.8) is 0 Å². The highest BCUT2D eigenvalue weighted by Gasteiger charge is 2.49. The van der Waals surface area contributed by atoms with Crippen LogP contribution in [0.3, 0.4) is 0 Å². The zero-order valence-corrected chi connectivity index (χ0v) is 21.5. The van der Waals surface area contributed by atoms with E-state index in [4.69, 9.17) is 27.9 Å². The quantitative estimate of drug-likeness (QED) is 0.319. The second-order valence-electron chi connectivity index (χ2n) is 8.40. The van der Waals surface area contributed by atoms with Gasteiger partial charge in [-0.25, -0.2) is 19.3 Å². The fourth-order valence-corrected chi connectivity index (χ4v) is 5.29. The Hall–Kier alpha value is -2.66. The summed E-state index contributed by atoms with van der Waals surface area (Å²) in [5.41, 5.74) is -1.18. The van der Waals surface area contributed by atoms with E-state index >= 15 is 0 Å². The number of aromatic nitrogens is 7. The largest absolute Gasteiger partial charge is 0.418 e. The molecule has 17 heteroatoms. The summed E-state index contributed by atoms with van der Waals surface area (Å²) < 4.78 is 49.3. The molecule has 5 rings (SSSR count). The Kier molecular flexibility index (Phi) is 7.19. The zero-order chi connectivity index (χ0) is 27.4. The number of aliphatic hydroxyl groups excluding tert-OH is 3. The Morgan fingerprint density at radius 1 is 1.16 bits per heavy atom. The third-order valence-corrected chi connectivity index (χ3v) is 7.31. The van der Waals surface area contributed by atoms with Gasteiger partial charge in [0.1, 0.15) is 52.1 Å². The molecule has 0 bridgehead atoms. The predicted octanol–water partition coefficient (Wildman–Crippen LogP) is 3.01. The van der Waals surface area contributed by atoms with E-state index in [1.807, 2.05) is 0 Å². The maximum Gasteiger partial charge on any atom is 0.418 e. The van der Waals surface area contributed by atoms with Crippen molar-refractivity contribution in [1.82, 2.24) is 34.7 Å². The molecule has 2 unspecified atom stereocenters. The van der Waals surface area contributed by atoms with Crippen LogP contribution in [0.4, 0.5) is 13.2 Å². The Morgan fingerprint density at radius 3 is 2.58 bits per heavy atom. The Morgan fingerprint density at radius 2 is 1.92 bits per heavy atom. The van der Waals surface area contributed by atoms with Gasteiger partial charge in [-0.05, 0) is 25.1 Å². The van der Waals surface area contributed by atoms with Gasteiger partial charge < -0.3 is 20.1 Å². The second-order valence-corrected chi connectivity index (χ2v) is 10.1. The summed E-state index contributed by atoms with van der Waals surface area (Å²) in [7, 11) is 0. The number of hydrogen-bond acceptors (Lipinski definition) is 10. The number of alkyl halides is 3. The molecule has 38 heavy (non-hydrogen) atoms. The van der Waals surface area contributed by atoms with Gasteiger partial charge in [0.2, 0.25) is 0 Å². The van der Waals surface area contributed by atoms with Gasteiger partial charge >= 0.3 is 6.18 Å². The van der Waals surface area contributed by atoms with Crippen molar-refractivity contribution in [2.24, 2.45) is 0 Å². The first-order chi connectivity index (χ1) is 18.0. The van der Waals surface area contributed by atoms with Gasteiger partial charge in [-0.2, -0.15) is 18.3 Å². The third kappa shape index (κ3) is 4.90. The van der Waals surface area contributed by atoms with Crippen LogP contribution in [0.5, 0.6) is 0 Å². The average molecular weight is 592 g/mol. The molecule has 1 saturated heterocycles. The zero-order valence-electron chi connectivity index (χ0n) is 19.2. The highest BCUT2D eigenvalue weighted by Crippen LogP contribution is 2.41. The molecule has 4 aromatic rings. The summed E-state index contributed by atoms with van der Waals surface area (Å²) in [6, 6.07) is 1.72. The fourth-order valence-electron chi connectivity index (χ4n) is 4.23. The number of halogens is 5. The van der Waals surface area contributed by atoms with Gasteiger partial charge in [0.15, 0.2) is 5.82 Å². The lowest BCUT2D eigenvalue weighted by Gasteiger charge is -2.41. The number of thiazole rings is 1. The van der Waals surface area contributed by atoms with Crippen LogP contribution < -0.4 is 0 Å². The van der Waals surface area contributed by atoms with Crippen LogP contribution in [-0.2, 0) is 10.9 Å². The number of nitrogens with zero attached hydrogens (tertiary/aromatic N) is 7. The summed E-state index contributed by atoms with van der Waals surface area (Å²) in [4.78, 5) is 8.32. The lowest BCUT2D eigenvalue weighted by atomic mass is 9.92. The number of ether oxygens (including phenoxy) is 1. The van der Waals surface area contributed by atoms with Crippen molar-refractivity contribution >= 4 is 34.5 Å². The SMILES string of the molecule is Cc1nc([C@@H]2OC(CO)[C@H](O)[C@H](n3cc(-c4nc(Cl)cs4)nn3)C2O)n(-c2cc(Cl)ccc2C(F)(F)F)n1. The van der Waals surface area contributed by atoms with Gasteiger partial charge in [0.05, 0.1) is 24.1 Å². The molecule has 11 nitrogen and oxygen atoms in total. The highest BCUT2D eigenvalue weighted by atomic mass is 35.5. The lowest BCUT2D eigenvalue weighted by Crippen LogP contribution is -2.53. The van der Waals surface area contributed by atoms with Gasteiger partial charge in [-0.1, -0.05) is 28.4 Å². The molecule has 1 aliphatic heterocycles. The second kappa shape index (κ2) is 10.1. The number of hydrogen-bond donors (Lipinski definition) is 3. The van der Waals surface area contributed by atoms with Gasteiger partial charge in [0.25, 0.3) is 0 Å². The molecule has 0 spiro atoms. The Balaban J connectivity index is 1.58. The topological polar surface area (TPSA) is 144 Å². The molecule has 3 aromatic heterocycles. The van der Waals surface area contributed by atoms with E-state index in [1.165, 1.54) is 29.1 Å². The van der Waals surface area contributed by atoms with Crippen molar-refractivity contribution in [3.05, 3.63) is 57.2 Å². The molecule has 0 amide bonds. The first kappa shape index (κ1) is 26.9. The summed E-state index contributed by atoms with van der Waals surface area (Å²) in [6.07, 6.45) is -9.14. The molecule has 1 aromatic carbocycles. The number of aryl methyl sites for hydroxylation is 1. The van der Waals surface area contributed by atoms with E-state index in [9.17, 15) is 28.5 Å². The van der Waals surface area contributed by atoms with Crippen molar-refractivity contribution in [2.45, 2.75) is 43.6 Å². The maximum absolute atomic E-state index is 13.8. The smallest absolute Gasteiger partial charge is 0.394 e. The average Bonchev–Trinajstić information content (AvgIpc) is 3.58. The molecule has 5 atom stereocenters. The maximum atomic E-state index is 13.8. The minimum atomic E-state index is -4.76. The van der Waals surface area contributed by atoms with E-state index < -0.39 is 54.5 Å². The molecule has 0 aliphatic carbocycles. The number of aliphatic hydroxyl groups is 3. The lowest BCUT2D eigenvalue weighted by molar-refractivity contribution is -0.210. The highest BCUT2D eigenvalue weighted by molar-refractivity contribution is 7.13. The van der Waals surface area contributed by atoms with Crippen LogP contribution >= 0.6 is 34.5 Å². The molecule has 1 fully saturated rings. The van der Waals surface area contributed by atoms with Crippen LogP contribution in [0.2, 0.25) is 10.2 Å². The van der Waals surface area contributed by atoms with Crippen molar-refractivity contribution in [3.8, 4) is 16.4 Å². The molecule has 1 aliphatic rings. The van der Waals surface area contributed by atoms with Crippen molar-refractivity contribution < 1.29 is 33.2 Å². The minimum Gasteiger partial charge on any atom is -0.394 e. The third-order valence-electron chi connectivity index (χ3n) is 5.89. The van der Waals surface area contributed by atoms with Crippen LogP contribution in [0.25, 0.3) is 16.4 Å².